The van der Waals surface area contributed by atoms with Crippen LogP contribution in [-0.4, -0.2) is 49.1 Å². The van der Waals surface area contributed by atoms with Gasteiger partial charge in [0.25, 0.3) is 0 Å². The van der Waals surface area contributed by atoms with E-state index in [1.165, 1.54) is 17.8 Å². The van der Waals surface area contributed by atoms with E-state index in [-0.39, 0.29) is 30.7 Å². The number of rotatable bonds is 6. The summed E-state index contributed by atoms with van der Waals surface area (Å²) in [5.41, 5.74) is 0.538. The highest BCUT2D eigenvalue weighted by molar-refractivity contribution is 7.98. The smallest absolute Gasteiger partial charge is 0.241 e. The number of anilines is 1. The predicted octanol–water partition coefficient (Wildman–Crippen LogP) is 1.70. The van der Waals surface area contributed by atoms with Gasteiger partial charge in [-0.15, -0.1) is 11.8 Å². The van der Waals surface area contributed by atoms with E-state index >= 15 is 0 Å². The normalized spacial score (nSPS) is 14.0. The largest absolute Gasteiger partial charge is 0.376 e. The van der Waals surface area contributed by atoms with Crippen LogP contribution in [0.3, 0.4) is 0 Å². The Labute approximate surface area is 133 Å². The molecule has 22 heavy (non-hydrogen) atoms. The molecule has 1 fully saturated rings. The molecule has 0 aliphatic carbocycles. The van der Waals surface area contributed by atoms with Crippen LogP contribution >= 0.6 is 11.8 Å². The van der Waals surface area contributed by atoms with Crippen LogP contribution in [0, 0.1) is 5.82 Å². The van der Waals surface area contributed by atoms with Crippen molar-refractivity contribution in [3.8, 4) is 0 Å². The van der Waals surface area contributed by atoms with E-state index in [1.54, 1.807) is 23.3 Å². The van der Waals surface area contributed by atoms with Gasteiger partial charge in [-0.3, -0.25) is 9.59 Å². The third-order valence-corrected chi connectivity index (χ3v) is 4.27. The van der Waals surface area contributed by atoms with Crippen molar-refractivity contribution in [2.75, 3.05) is 37.8 Å². The van der Waals surface area contributed by atoms with Gasteiger partial charge in [0.2, 0.25) is 11.8 Å². The van der Waals surface area contributed by atoms with Gasteiger partial charge in [-0.05, 0) is 37.3 Å². The fourth-order valence-electron chi connectivity index (χ4n) is 2.27. The molecular formula is C15H20FN3O2S. The molecule has 0 aromatic heterocycles. The molecule has 0 saturated carbocycles. The van der Waals surface area contributed by atoms with Gasteiger partial charge in [0.15, 0.2) is 0 Å². The number of hydrogen-bond acceptors (Lipinski definition) is 4. The number of carbonyl (C=O) groups is 2. The van der Waals surface area contributed by atoms with Gasteiger partial charge >= 0.3 is 0 Å². The van der Waals surface area contributed by atoms with Crippen LogP contribution in [0.5, 0.6) is 0 Å². The first kappa shape index (κ1) is 16.6. The maximum Gasteiger partial charge on any atom is 0.241 e. The molecule has 0 radical (unpaired) electrons. The molecule has 1 aliphatic rings. The van der Waals surface area contributed by atoms with E-state index < -0.39 is 0 Å². The minimum atomic E-state index is -0.317. The molecular weight excluding hydrogens is 305 g/mol. The predicted molar refractivity (Wildman–Crippen MR) is 85.5 cm³/mol. The van der Waals surface area contributed by atoms with Crippen molar-refractivity contribution >= 4 is 29.3 Å². The third-order valence-electron chi connectivity index (χ3n) is 3.50. The van der Waals surface area contributed by atoms with E-state index in [0.29, 0.717) is 10.6 Å². The second kappa shape index (κ2) is 8.03. The molecule has 0 spiro atoms. The molecule has 0 atom stereocenters. The highest BCUT2D eigenvalue weighted by Gasteiger charge is 2.17. The molecule has 2 amide bonds. The van der Waals surface area contributed by atoms with E-state index in [0.717, 1.165) is 25.9 Å². The van der Waals surface area contributed by atoms with Gasteiger partial charge in [-0.2, -0.15) is 0 Å². The minimum absolute atomic E-state index is 0.00529. The van der Waals surface area contributed by atoms with Gasteiger partial charge in [0, 0.05) is 23.7 Å². The first-order valence-corrected chi connectivity index (χ1v) is 8.44. The number of carbonyl (C=O) groups excluding carboxylic acids is 2. The van der Waals surface area contributed by atoms with Gasteiger partial charge in [-0.1, -0.05) is 0 Å². The third kappa shape index (κ3) is 4.62. The van der Waals surface area contributed by atoms with Crippen molar-refractivity contribution in [2.24, 2.45) is 0 Å². The molecule has 0 unspecified atom stereocenters. The fraction of sp³-hybridized carbons (Fsp3) is 0.467. The van der Waals surface area contributed by atoms with Crippen molar-refractivity contribution < 1.29 is 14.0 Å². The van der Waals surface area contributed by atoms with Gasteiger partial charge < -0.3 is 15.5 Å². The fourth-order valence-corrected chi connectivity index (χ4v) is 2.73. The molecule has 120 valence electrons. The maximum atomic E-state index is 13.6. The number of benzene rings is 1. The number of amides is 2. The summed E-state index contributed by atoms with van der Waals surface area (Å²) in [7, 11) is 0. The molecule has 1 saturated heterocycles. The molecule has 5 nitrogen and oxygen atoms in total. The van der Waals surface area contributed by atoms with Crippen molar-refractivity contribution in [3.63, 3.8) is 0 Å². The topological polar surface area (TPSA) is 61.4 Å². The molecule has 1 aliphatic heterocycles. The van der Waals surface area contributed by atoms with Gasteiger partial charge in [0.05, 0.1) is 13.1 Å². The summed E-state index contributed by atoms with van der Waals surface area (Å²) < 4.78 is 13.6. The van der Waals surface area contributed by atoms with E-state index in [9.17, 15) is 14.0 Å². The SMILES string of the molecule is CSc1ccc(NCC(=O)NCC(=O)N2CCCC2)cc1F. The minimum Gasteiger partial charge on any atom is -0.376 e. The molecule has 2 N–H and O–H groups in total. The zero-order chi connectivity index (χ0) is 15.9. The quantitative estimate of drug-likeness (QED) is 0.782. The first-order valence-electron chi connectivity index (χ1n) is 7.22. The Balaban J connectivity index is 1.73. The maximum absolute atomic E-state index is 13.6. The van der Waals surface area contributed by atoms with Crippen molar-refractivity contribution in [1.82, 2.24) is 10.2 Å². The summed E-state index contributed by atoms with van der Waals surface area (Å²) in [4.78, 5) is 25.8. The van der Waals surface area contributed by atoms with Crippen molar-refractivity contribution in [1.29, 1.82) is 0 Å². The Hall–Kier alpha value is -1.76. The highest BCUT2D eigenvalue weighted by Crippen LogP contribution is 2.21. The number of likely N-dealkylation sites (tertiary alicyclic amines) is 1. The second-order valence-electron chi connectivity index (χ2n) is 5.07. The van der Waals surface area contributed by atoms with E-state index in [4.69, 9.17) is 0 Å². The Kier molecular flexibility index (Phi) is 6.06. The zero-order valence-corrected chi connectivity index (χ0v) is 13.3. The van der Waals surface area contributed by atoms with Crippen LogP contribution in [0.1, 0.15) is 12.8 Å². The summed E-state index contributed by atoms with van der Waals surface area (Å²) in [6.45, 7) is 1.56. The van der Waals surface area contributed by atoms with Crippen LogP contribution in [0.15, 0.2) is 23.1 Å². The lowest BCUT2D eigenvalue weighted by atomic mass is 10.3. The van der Waals surface area contributed by atoms with Crippen molar-refractivity contribution in [2.45, 2.75) is 17.7 Å². The average molecular weight is 325 g/mol. The zero-order valence-electron chi connectivity index (χ0n) is 12.5. The van der Waals surface area contributed by atoms with E-state index in [2.05, 4.69) is 10.6 Å². The van der Waals surface area contributed by atoms with E-state index in [1.807, 2.05) is 0 Å². The summed E-state index contributed by atoms with van der Waals surface area (Å²) >= 11 is 1.33. The average Bonchev–Trinajstić information content (AvgIpc) is 3.05. The van der Waals surface area contributed by atoms with Crippen molar-refractivity contribution in [3.05, 3.63) is 24.0 Å². The second-order valence-corrected chi connectivity index (χ2v) is 5.92. The lowest BCUT2D eigenvalue weighted by Gasteiger charge is -2.15. The summed E-state index contributed by atoms with van der Waals surface area (Å²) in [6, 6.07) is 4.74. The van der Waals surface area contributed by atoms with Gasteiger partial charge in [-0.25, -0.2) is 4.39 Å². The Morgan fingerprint density at radius 2 is 2.00 bits per heavy atom. The number of thioether (sulfide) groups is 1. The lowest BCUT2D eigenvalue weighted by Crippen LogP contribution is -2.40. The summed E-state index contributed by atoms with van der Waals surface area (Å²) in [5.74, 6) is -0.662. The highest BCUT2D eigenvalue weighted by atomic mass is 32.2. The number of hydrogen-bond donors (Lipinski definition) is 2. The Morgan fingerprint density at radius 1 is 1.27 bits per heavy atom. The van der Waals surface area contributed by atoms with Crippen LogP contribution in [-0.2, 0) is 9.59 Å². The molecule has 1 aromatic rings. The van der Waals surface area contributed by atoms with Crippen LogP contribution < -0.4 is 10.6 Å². The molecule has 2 rings (SSSR count). The first-order chi connectivity index (χ1) is 10.6. The summed E-state index contributed by atoms with van der Waals surface area (Å²) in [5, 5.41) is 5.42. The number of nitrogens with one attached hydrogen (secondary N) is 2. The molecule has 7 heteroatoms. The number of halogens is 1. The van der Waals surface area contributed by atoms with Gasteiger partial charge in [0.1, 0.15) is 5.82 Å². The lowest BCUT2D eigenvalue weighted by molar-refractivity contribution is -0.131. The Morgan fingerprint density at radius 3 is 2.64 bits per heavy atom. The molecule has 0 bridgehead atoms. The monoisotopic (exact) mass is 325 g/mol. The van der Waals surface area contributed by atoms with Crippen LogP contribution in [0.4, 0.5) is 10.1 Å². The number of nitrogens with zero attached hydrogens (tertiary/aromatic N) is 1. The Bertz CT molecular complexity index is 548. The molecule has 1 aromatic carbocycles. The van der Waals surface area contributed by atoms with Crippen LogP contribution in [0.2, 0.25) is 0 Å². The standard InChI is InChI=1S/C15H20FN3O2S/c1-22-13-5-4-11(8-12(13)16)17-9-14(20)18-10-15(21)19-6-2-3-7-19/h4-5,8,17H,2-3,6-7,9-10H2,1H3,(H,18,20). The van der Waals surface area contributed by atoms with Crippen LogP contribution in [0.25, 0.3) is 0 Å². The summed E-state index contributed by atoms with van der Waals surface area (Å²) in [6.07, 6.45) is 3.86. The molecule has 1 heterocycles.